The summed E-state index contributed by atoms with van der Waals surface area (Å²) >= 11 is 0. The van der Waals surface area contributed by atoms with Crippen molar-refractivity contribution in [3.63, 3.8) is 0 Å². The predicted octanol–water partition coefficient (Wildman–Crippen LogP) is 2.97. The van der Waals surface area contributed by atoms with Crippen molar-refractivity contribution in [3.8, 4) is 0 Å². The summed E-state index contributed by atoms with van der Waals surface area (Å²) in [5.74, 6) is -0.994. The van der Waals surface area contributed by atoms with Gasteiger partial charge in [0.15, 0.2) is 0 Å². The highest BCUT2D eigenvalue weighted by molar-refractivity contribution is 5.90. The van der Waals surface area contributed by atoms with E-state index >= 15 is 0 Å². The van der Waals surface area contributed by atoms with Crippen molar-refractivity contribution in [3.05, 3.63) is 29.1 Å². The Kier molecular flexibility index (Phi) is 3.61. The number of hydrogen-bond acceptors (Lipinski definition) is 4. The van der Waals surface area contributed by atoms with Crippen LogP contribution in [0.2, 0.25) is 0 Å². The van der Waals surface area contributed by atoms with E-state index in [-0.39, 0.29) is 23.0 Å². The van der Waals surface area contributed by atoms with Gasteiger partial charge in [0.2, 0.25) is 0 Å². The molecule has 1 saturated heterocycles. The molecule has 1 heterocycles. The molecule has 1 saturated carbocycles. The summed E-state index contributed by atoms with van der Waals surface area (Å²) in [6.07, 6.45) is 4.51. The highest BCUT2D eigenvalue weighted by Gasteiger charge is 2.43. The maximum atomic E-state index is 13.7. The van der Waals surface area contributed by atoms with Crippen LogP contribution in [0.1, 0.15) is 48.0 Å². The molecule has 0 amide bonds. The number of rotatable bonds is 2. The van der Waals surface area contributed by atoms with Crippen LogP contribution in [0.3, 0.4) is 0 Å². The average Bonchev–Trinajstić information content (AvgIpc) is 2.42. The molecule has 1 aromatic rings. The topological polar surface area (TPSA) is 61.6 Å². The molecule has 1 aromatic carbocycles. The smallest absolute Gasteiger partial charge is 0.338 e. The lowest BCUT2D eigenvalue weighted by atomic mass is 9.74. The summed E-state index contributed by atoms with van der Waals surface area (Å²) in [7, 11) is 0. The van der Waals surface area contributed by atoms with E-state index in [0.717, 1.165) is 19.3 Å². The number of esters is 1. The summed E-state index contributed by atoms with van der Waals surface area (Å²) in [6.45, 7) is 2.20. The van der Waals surface area contributed by atoms with Crippen LogP contribution in [0.15, 0.2) is 12.1 Å². The van der Waals surface area contributed by atoms with Crippen LogP contribution in [-0.2, 0) is 9.47 Å². The van der Waals surface area contributed by atoms with Crippen LogP contribution < -0.4 is 5.73 Å². The number of nitrogen functional groups attached to an aromatic ring is 1. The molecule has 0 aromatic heterocycles. The molecule has 0 radical (unpaired) electrons. The predicted molar refractivity (Wildman–Crippen MR) is 76.5 cm³/mol. The third kappa shape index (κ3) is 2.75. The van der Waals surface area contributed by atoms with E-state index in [4.69, 9.17) is 15.2 Å². The Morgan fingerprint density at radius 3 is 2.86 bits per heavy atom. The van der Waals surface area contributed by atoms with Gasteiger partial charge in [0.05, 0.1) is 17.8 Å². The minimum atomic E-state index is -0.512. The molecule has 3 rings (SSSR count). The van der Waals surface area contributed by atoms with Gasteiger partial charge in [0, 0.05) is 24.1 Å². The van der Waals surface area contributed by atoms with E-state index in [0.29, 0.717) is 18.6 Å². The first-order valence-corrected chi connectivity index (χ1v) is 7.40. The first-order chi connectivity index (χ1) is 9.99. The molecule has 1 aliphatic heterocycles. The van der Waals surface area contributed by atoms with Crippen LogP contribution in [-0.4, -0.2) is 24.3 Å². The Morgan fingerprint density at radius 1 is 1.48 bits per heavy atom. The molecule has 0 bridgehead atoms. The Balaban J connectivity index is 1.68. The molecule has 2 fully saturated rings. The normalized spacial score (nSPS) is 23.6. The van der Waals surface area contributed by atoms with Gasteiger partial charge < -0.3 is 15.2 Å². The zero-order valence-electron chi connectivity index (χ0n) is 12.2. The SMILES string of the molecule is Cc1c(N)cc(C(=O)OC2CCOC3(CCC3)C2)cc1F. The van der Waals surface area contributed by atoms with Gasteiger partial charge >= 0.3 is 5.97 Å². The highest BCUT2D eigenvalue weighted by Crippen LogP contribution is 2.43. The summed E-state index contributed by atoms with van der Waals surface area (Å²) in [4.78, 5) is 12.2. The van der Waals surface area contributed by atoms with E-state index in [1.54, 1.807) is 6.92 Å². The van der Waals surface area contributed by atoms with Crippen molar-refractivity contribution in [2.75, 3.05) is 12.3 Å². The Bertz CT molecular complexity index is 546. The van der Waals surface area contributed by atoms with Gasteiger partial charge in [-0.1, -0.05) is 0 Å². The number of nitrogens with two attached hydrogens (primary N) is 1. The molecule has 21 heavy (non-hydrogen) atoms. The average molecular weight is 293 g/mol. The summed E-state index contributed by atoms with van der Waals surface area (Å²) in [6, 6.07) is 2.66. The fourth-order valence-corrected chi connectivity index (χ4v) is 3.04. The number of benzene rings is 1. The quantitative estimate of drug-likeness (QED) is 0.672. The number of hydrogen-bond donors (Lipinski definition) is 1. The Hall–Kier alpha value is -1.62. The molecular formula is C16H20FNO3. The molecule has 1 aliphatic carbocycles. The van der Waals surface area contributed by atoms with E-state index in [9.17, 15) is 9.18 Å². The maximum absolute atomic E-state index is 13.7. The van der Waals surface area contributed by atoms with Gasteiger partial charge in [-0.05, 0) is 38.3 Å². The number of carbonyl (C=O) groups is 1. The Labute approximate surface area is 123 Å². The summed E-state index contributed by atoms with van der Waals surface area (Å²) in [5, 5.41) is 0. The van der Waals surface area contributed by atoms with Crippen molar-refractivity contribution in [1.82, 2.24) is 0 Å². The van der Waals surface area contributed by atoms with Crippen molar-refractivity contribution in [1.29, 1.82) is 0 Å². The largest absolute Gasteiger partial charge is 0.459 e. The number of halogens is 1. The molecule has 4 nitrogen and oxygen atoms in total. The molecule has 1 spiro atoms. The van der Waals surface area contributed by atoms with Gasteiger partial charge in [-0.3, -0.25) is 0 Å². The third-order valence-corrected chi connectivity index (χ3v) is 4.61. The zero-order valence-corrected chi connectivity index (χ0v) is 12.2. The molecule has 5 heteroatoms. The fraction of sp³-hybridized carbons (Fsp3) is 0.562. The van der Waals surface area contributed by atoms with Crippen LogP contribution >= 0.6 is 0 Å². The van der Waals surface area contributed by atoms with E-state index < -0.39 is 11.8 Å². The lowest BCUT2D eigenvalue weighted by Crippen LogP contribution is -2.48. The second-order valence-electron chi connectivity index (χ2n) is 6.08. The second-order valence-corrected chi connectivity index (χ2v) is 6.08. The minimum absolute atomic E-state index is 0.0826. The van der Waals surface area contributed by atoms with Crippen molar-refractivity contribution in [2.24, 2.45) is 0 Å². The van der Waals surface area contributed by atoms with Gasteiger partial charge in [0.1, 0.15) is 11.9 Å². The molecule has 1 unspecified atom stereocenters. The van der Waals surface area contributed by atoms with Crippen LogP contribution in [0.4, 0.5) is 10.1 Å². The highest BCUT2D eigenvalue weighted by atomic mass is 19.1. The maximum Gasteiger partial charge on any atom is 0.338 e. The van der Waals surface area contributed by atoms with Gasteiger partial charge in [-0.2, -0.15) is 0 Å². The van der Waals surface area contributed by atoms with Gasteiger partial charge in [-0.15, -0.1) is 0 Å². The fourth-order valence-electron chi connectivity index (χ4n) is 3.04. The summed E-state index contributed by atoms with van der Waals surface area (Å²) in [5.41, 5.74) is 6.41. The van der Waals surface area contributed by atoms with Crippen molar-refractivity contribution >= 4 is 11.7 Å². The Morgan fingerprint density at radius 2 is 2.24 bits per heavy atom. The van der Waals surface area contributed by atoms with Crippen LogP contribution in [0, 0.1) is 12.7 Å². The molecule has 1 atom stereocenters. The van der Waals surface area contributed by atoms with E-state index in [2.05, 4.69) is 0 Å². The van der Waals surface area contributed by atoms with E-state index in [1.807, 2.05) is 0 Å². The monoisotopic (exact) mass is 293 g/mol. The molecular weight excluding hydrogens is 273 g/mol. The lowest BCUT2D eigenvalue weighted by Gasteiger charge is -2.46. The zero-order chi connectivity index (χ0) is 15.0. The van der Waals surface area contributed by atoms with Crippen LogP contribution in [0.5, 0.6) is 0 Å². The van der Waals surface area contributed by atoms with Crippen LogP contribution in [0.25, 0.3) is 0 Å². The van der Waals surface area contributed by atoms with Gasteiger partial charge in [-0.25, -0.2) is 9.18 Å². The molecule has 2 N–H and O–H groups in total. The standard InChI is InChI=1S/C16H20FNO3/c1-10-13(17)7-11(8-14(10)18)15(19)21-12-3-6-20-16(9-12)4-2-5-16/h7-8,12H,2-6,9,18H2,1H3. The first kappa shape index (κ1) is 14.3. The summed E-state index contributed by atoms with van der Waals surface area (Å²) < 4.78 is 25.0. The molecule has 114 valence electrons. The lowest BCUT2D eigenvalue weighted by molar-refractivity contribution is -0.159. The van der Waals surface area contributed by atoms with Crippen molar-refractivity contribution < 1.29 is 18.7 Å². The van der Waals surface area contributed by atoms with E-state index in [1.165, 1.54) is 18.6 Å². The first-order valence-electron chi connectivity index (χ1n) is 7.40. The molecule has 2 aliphatic rings. The number of anilines is 1. The second kappa shape index (κ2) is 5.30. The minimum Gasteiger partial charge on any atom is -0.459 e. The van der Waals surface area contributed by atoms with Crippen molar-refractivity contribution in [2.45, 2.75) is 50.7 Å². The van der Waals surface area contributed by atoms with Gasteiger partial charge in [0.25, 0.3) is 0 Å². The number of ether oxygens (including phenoxy) is 2. The third-order valence-electron chi connectivity index (χ3n) is 4.61. The number of carbonyl (C=O) groups excluding carboxylic acids is 1.